The molecule has 0 fully saturated rings. The Hall–Kier alpha value is -5.60. The lowest BCUT2D eigenvalue weighted by Crippen LogP contribution is -2.49. The van der Waals surface area contributed by atoms with E-state index < -0.39 is 48.1 Å². The zero-order valence-electron chi connectivity index (χ0n) is 30.5. The highest BCUT2D eigenvalue weighted by atomic mass is 19.1. The van der Waals surface area contributed by atoms with Crippen LogP contribution in [-0.2, 0) is 48.8 Å². The SMILES string of the molecule is CCOC(=O)C(CC(F)Cn1cc(C(=O)OC(C)(C)C)nn1)(C(=O)OCC)c1ccc(N(Cc2ccc(OC)cc2)Cc2ccc(OC)cc2)nn1. The molecule has 14 nitrogen and oxygen atoms in total. The molecule has 2 heterocycles. The summed E-state index contributed by atoms with van der Waals surface area (Å²) in [6, 6.07) is 18.2. The van der Waals surface area contributed by atoms with Crippen LogP contribution < -0.4 is 14.4 Å². The fourth-order valence-electron chi connectivity index (χ4n) is 5.33. The topological polar surface area (TPSA) is 157 Å². The summed E-state index contributed by atoms with van der Waals surface area (Å²) in [5, 5.41) is 16.4. The van der Waals surface area contributed by atoms with Crippen LogP contribution in [0.25, 0.3) is 0 Å². The Morgan fingerprint density at radius 3 is 1.77 bits per heavy atom. The minimum atomic E-state index is -2.32. The number of nitrogens with zero attached hydrogens (tertiary/aromatic N) is 6. The number of halogens is 1. The third-order valence-electron chi connectivity index (χ3n) is 7.78. The van der Waals surface area contributed by atoms with Gasteiger partial charge in [-0.3, -0.25) is 9.59 Å². The molecule has 0 spiro atoms. The second-order valence-electron chi connectivity index (χ2n) is 12.8. The number of benzene rings is 2. The highest BCUT2D eigenvalue weighted by molar-refractivity contribution is 6.06. The molecule has 1 unspecified atom stereocenters. The van der Waals surface area contributed by atoms with E-state index in [4.69, 9.17) is 23.7 Å². The maximum Gasteiger partial charge on any atom is 0.361 e. The first kappa shape index (κ1) is 39.2. The van der Waals surface area contributed by atoms with Crippen molar-refractivity contribution in [3.8, 4) is 11.5 Å². The van der Waals surface area contributed by atoms with Gasteiger partial charge in [-0.15, -0.1) is 10.2 Å². The monoisotopic (exact) mass is 720 g/mol. The Kier molecular flexibility index (Phi) is 13.2. The van der Waals surface area contributed by atoms with Crippen LogP contribution in [0.3, 0.4) is 0 Å². The van der Waals surface area contributed by atoms with E-state index in [0.717, 1.165) is 15.8 Å². The van der Waals surface area contributed by atoms with Crippen LogP contribution >= 0.6 is 0 Å². The van der Waals surface area contributed by atoms with Gasteiger partial charge in [0, 0.05) is 19.5 Å². The minimum Gasteiger partial charge on any atom is -0.497 e. The third-order valence-corrected chi connectivity index (χ3v) is 7.78. The molecule has 0 aliphatic heterocycles. The first-order chi connectivity index (χ1) is 24.8. The lowest BCUT2D eigenvalue weighted by molar-refractivity contribution is -0.166. The number of aromatic nitrogens is 5. The van der Waals surface area contributed by atoms with Gasteiger partial charge < -0.3 is 28.6 Å². The Balaban J connectivity index is 1.68. The van der Waals surface area contributed by atoms with Crippen molar-refractivity contribution >= 4 is 23.7 Å². The van der Waals surface area contributed by atoms with Gasteiger partial charge in [0.25, 0.3) is 0 Å². The summed E-state index contributed by atoms with van der Waals surface area (Å²) in [7, 11) is 3.19. The summed E-state index contributed by atoms with van der Waals surface area (Å²) in [6.45, 7) is 8.42. The van der Waals surface area contributed by atoms with Crippen LogP contribution in [0.4, 0.5) is 10.2 Å². The van der Waals surface area contributed by atoms with Gasteiger partial charge in [-0.05, 0) is 82.1 Å². The predicted molar refractivity (Wildman–Crippen MR) is 188 cm³/mol. The Bertz CT molecular complexity index is 1710. The number of ether oxygens (including phenoxy) is 5. The first-order valence-electron chi connectivity index (χ1n) is 16.8. The average Bonchev–Trinajstić information content (AvgIpc) is 3.59. The number of alkyl halides is 1. The fraction of sp³-hybridized carbons (Fsp3) is 0.432. The van der Waals surface area contributed by atoms with Crippen LogP contribution in [0.15, 0.2) is 66.9 Å². The van der Waals surface area contributed by atoms with E-state index in [2.05, 4.69) is 20.5 Å². The molecule has 0 saturated heterocycles. The molecule has 0 aliphatic carbocycles. The standard InChI is InChI=1S/C37H45FN6O8/c1-8-50-34(46)37(35(47)51-9-2,20-27(38)23-44-24-30(39-42-44)33(45)52-36(3,4)5)31-18-19-32(41-40-31)43(21-25-10-14-28(48-6)15-11-25)22-26-12-16-29(49-7)17-13-26/h10-19,24,27H,8-9,20-23H2,1-7H3. The van der Waals surface area contributed by atoms with E-state index in [-0.39, 0.29) is 24.6 Å². The zero-order chi connectivity index (χ0) is 37.9. The van der Waals surface area contributed by atoms with Gasteiger partial charge in [0.2, 0.25) is 5.41 Å². The molecule has 2 aromatic carbocycles. The van der Waals surface area contributed by atoms with Crippen molar-refractivity contribution < 1.29 is 42.5 Å². The van der Waals surface area contributed by atoms with Gasteiger partial charge in [-0.25, -0.2) is 13.9 Å². The summed E-state index contributed by atoms with van der Waals surface area (Å²) >= 11 is 0. The normalized spacial score (nSPS) is 12.1. The van der Waals surface area contributed by atoms with Gasteiger partial charge in [-0.2, -0.15) is 5.10 Å². The number of rotatable bonds is 17. The van der Waals surface area contributed by atoms with Crippen LogP contribution in [0.5, 0.6) is 11.5 Å². The lowest BCUT2D eigenvalue weighted by atomic mass is 9.79. The van der Waals surface area contributed by atoms with E-state index in [1.165, 1.54) is 12.3 Å². The third kappa shape index (κ3) is 10.0. The molecule has 1 atom stereocenters. The highest BCUT2D eigenvalue weighted by Gasteiger charge is 2.54. The first-order valence-corrected chi connectivity index (χ1v) is 16.8. The molecule has 4 rings (SSSR count). The quantitative estimate of drug-likeness (QED) is 0.0813. The van der Waals surface area contributed by atoms with Crippen molar-refractivity contribution in [1.29, 1.82) is 0 Å². The molecule has 0 bridgehead atoms. The van der Waals surface area contributed by atoms with Crippen molar-refractivity contribution in [2.45, 2.75) is 77.9 Å². The highest BCUT2D eigenvalue weighted by Crippen LogP contribution is 2.34. The molecule has 15 heteroatoms. The molecule has 4 aromatic rings. The molecular weight excluding hydrogens is 675 g/mol. The zero-order valence-corrected chi connectivity index (χ0v) is 30.5. The van der Waals surface area contributed by atoms with Gasteiger partial charge in [-0.1, -0.05) is 29.5 Å². The van der Waals surface area contributed by atoms with Crippen LogP contribution in [0, 0.1) is 0 Å². The molecule has 0 aliphatic rings. The van der Waals surface area contributed by atoms with Gasteiger partial charge in [0.15, 0.2) is 11.5 Å². The number of anilines is 1. The van der Waals surface area contributed by atoms with Crippen molar-refractivity contribution in [2.24, 2.45) is 0 Å². The number of esters is 3. The Labute approximate surface area is 302 Å². The number of methoxy groups -OCH3 is 2. The van der Waals surface area contributed by atoms with E-state index in [1.807, 2.05) is 53.4 Å². The Morgan fingerprint density at radius 2 is 1.33 bits per heavy atom. The molecule has 0 amide bonds. The Morgan fingerprint density at radius 1 is 0.788 bits per heavy atom. The van der Waals surface area contributed by atoms with E-state index in [0.29, 0.717) is 30.4 Å². The van der Waals surface area contributed by atoms with Crippen LogP contribution in [0.2, 0.25) is 0 Å². The van der Waals surface area contributed by atoms with E-state index in [1.54, 1.807) is 54.9 Å². The van der Waals surface area contributed by atoms with Gasteiger partial charge in [0.1, 0.15) is 23.3 Å². The van der Waals surface area contributed by atoms with Crippen molar-refractivity contribution in [3.63, 3.8) is 0 Å². The fourth-order valence-corrected chi connectivity index (χ4v) is 5.33. The summed E-state index contributed by atoms with van der Waals surface area (Å²) in [5.41, 5.74) is -1.47. The number of hydrogen-bond acceptors (Lipinski definition) is 13. The maximum absolute atomic E-state index is 16.1. The van der Waals surface area contributed by atoms with Gasteiger partial charge in [0.05, 0.1) is 45.9 Å². The van der Waals surface area contributed by atoms with Crippen molar-refractivity contribution in [3.05, 3.63) is 89.4 Å². The molecule has 2 aromatic heterocycles. The minimum absolute atomic E-state index is 0.0950. The largest absolute Gasteiger partial charge is 0.497 e. The molecule has 52 heavy (non-hydrogen) atoms. The molecular formula is C37H45FN6O8. The van der Waals surface area contributed by atoms with E-state index in [9.17, 15) is 14.4 Å². The number of hydrogen-bond donors (Lipinski definition) is 0. The lowest BCUT2D eigenvalue weighted by Gasteiger charge is -2.30. The van der Waals surface area contributed by atoms with Crippen LogP contribution in [0.1, 0.15) is 68.3 Å². The second-order valence-corrected chi connectivity index (χ2v) is 12.8. The van der Waals surface area contributed by atoms with Gasteiger partial charge >= 0.3 is 17.9 Å². The molecule has 0 N–H and O–H groups in total. The molecule has 278 valence electrons. The summed E-state index contributed by atoms with van der Waals surface area (Å²) in [5.74, 6) is -0.972. The number of carbonyl (C=O) groups excluding carboxylic acids is 3. The summed E-state index contributed by atoms with van der Waals surface area (Å²) in [6.07, 6.45) is -1.38. The number of carbonyl (C=O) groups is 3. The van der Waals surface area contributed by atoms with Crippen molar-refractivity contribution in [2.75, 3.05) is 32.3 Å². The van der Waals surface area contributed by atoms with Crippen LogP contribution in [-0.4, -0.2) is 82.3 Å². The summed E-state index contributed by atoms with van der Waals surface area (Å²) < 4.78 is 43.7. The maximum atomic E-state index is 16.1. The smallest absolute Gasteiger partial charge is 0.361 e. The predicted octanol–water partition coefficient (Wildman–Crippen LogP) is 5.04. The average molecular weight is 721 g/mol. The summed E-state index contributed by atoms with van der Waals surface area (Å²) in [4.78, 5) is 41.8. The van der Waals surface area contributed by atoms with Crippen molar-refractivity contribution in [1.82, 2.24) is 25.2 Å². The molecule has 0 saturated carbocycles. The second kappa shape index (κ2) is 17.6. The molecule has 0 radical (unpaired) electrons. The van der Waals surface area contributed by atoms with E-state index >= 15 is 4.39 Å².